The first-order valence-electron chi connectivity index (χ1n) is 7.48. The highest BCUT2D eigenvalue weighted by atomic mass is 16.5. The summed E-state index contributed by atoms with van der Waals surface area (Å²) in [6.07, 6.45) is 0. The van der Waals surface area contributed by atoms with Gasteiger partial charge >= 0.3 is 0 Å². The maximum absolute atomic E-state index is 5.25. The first-order chi connectivity index (χ1) is 10.4. The van der Waals surface area contributed by atoms with Gasteiger partial charge in [0.25, 0.3) is 0 Å². The van der Waals surface area contributed by atoms with Crippen LogP contribution in [0.3, 0.4) is 0 Å². The van der Waals surface area contributed by atoms with E-state index in [1.54, 1.807) is 7.11 Å². The fourth-order valence-electron chi connectivity index (χ4n) is 2.98. The Hall–Kier alpha value is -1.84. The van der Waals surface area contributed by atoms with Crippen LogP contribution >= 0.6 is 0 Å². The van der Waals surface area contributed by atoms with E-state index >= 15 is 0 Å². The van der Waals surface area contributed by atoms with E-state index in [9.17, 15) is 0 Å². The average molecular weight is 282 g/mol. The minimum absolute atomic E-state index is 0.387. The Morgan fingerprint density at radius 1 is 1.14 bits per heavy atom. The smallest absolute Gasteiger partial charge is 0.0713 e. The Bertz CT molecular complexity index is 570. The number of ether oxygens (including phenoxy) is 1. The second-order valence-corrected chi connectivity index (χ2v) is 5.43. The predicted molar refractivity (Wildman–Crippen MR) is 86.6 cm³/mol. The van der Waals surface area contributed by atoms with Crippen LogP contribution in [0.4, 0.5) is 5.69 Å². The van der Waals surface area contributed by atoms with Gasteiger partial charge in [-0.05, 0) is 23.3 Å². The highest BCUT2D eigenvalue weighted by molar-refractivity contribution is 5.51. The van der Waals surface area contributed by atoms with Crippen LogP contribution in [0.5, 0.6) is 0 Å². The predicted octanol–water partition coefficient (Wildman–Crippen LogP) is 2.98. The Balaban J connectivity index is 1.89. The molecular weight excluding hydrogens is 260 g/mol. The van der Waals surface area contributed by atoms with E-state index in [-0.39, 0.29) is 0 Å². The lowest BCUT2D eigenvalue weighted by Crippen LogP contribution is -2.46. The SMILES string of the molecule is COCc1cccc(N2CCNCC2c2ccccc2)c1. The van der Waals surface area contributed by atoms with Crippen molar-refractivity contribution in [2.24, 2.45) is 0 Å². The van der Waals surface area contributed by atoms with E-state index in [1.165, 1.54) is 16.8 Å². The van der Waals surface area contributed by atoms with Crippen LogP contribution < -0.4 is 10.2 Å². The third-order valence-corrected chi connectivity index (χ3v) is 3.98. The summed E-state index contributed by atoms with van der Waals surface area (Å²) in [6, 6.07) is 19.8. The van der Waals surface area contributed by atoms with Gasteiger partial charge < -0.3 is 15.0 Å². The van der Waals surface area contributed by atoms with Gasteiger partial charge in [-0.15, -0.1) is 0 Å². The third kappa shape index (κ3) is 3.26. The number of hydrogen-bond acceptors (Lipinski definition) is 3. The molecule has 3 nitrogen and oxygen atoms in total. The van der Waals surface area contributed by atoms with Gasteiger partial charge in [0.15, 0.2) is 0 Å². The topological polar surface area (TPSA) is 24.5 Å². The molecule has 110 valence electrons. The lowest BCUT2D eigenvalue weighted by atomic mass is 10.0. The Kier molecular flexibility index (Phi) is 4.53. The number of methoxy groups -OCH3 is 1. The van der Waals surface area contributed by atoms with Crippen molar-refractivity contribution < 1.29 is 4.74 Å². The number of hydrogen-bond donors (Lipinski definition) is 1. The molecule has 1 aliphatic heterocycles. The fourth-order valence-corrected chi connectivity index (χ4v) is 2.98. The zero-order valence-corrected chi connectivity index (χ0v) is 12.5. The maximum atomic E-state index is 5.25. The first-order valence-corrected chi connectivity index (χ1v) is 7.48. The van der Waals surface area contributed by atoms with Gasteiger partial charge in [-0.2, -0.15) is 0 Å². The molecule has 1 atom stereocenters. The van der Waals surface area contributed by atoms with Crippen molar-refractivity contribution in [3.63, 3.8) is 0 Å². The minimum Gasteiger partial charge on any atom is -0.380 e. The van der Waals surface area contributed by atoms with Crippen molar-refractivity contribution in [1.82, 2.24) is 5.32 Å². The third-order valence-electron chi connectivity index (χ3n) is 3.98. The molecule has 1 fully saturated rings. The second kappa shape index (κ2) is 6.74. The molecule has 1 saturated heterocycles. The van der Waals surface area contributed by atoms with Crippen molar-refractivity contribution in [1.29, 1.82) is 0 Å². The van der Waals surface area contributed by atoms with Gasteiger partial charge in [-0.1, -0.05) is 42.5 Å². The molecule has 1 aliphatic rings. The monoisotopic (exact) mass is 282 g/mol. The molecule has 0 amide bonds. The van der Waals surface area contributed by atoms with Crippen molar-refractivity contribution in [2.75, 3.05) is 31.6 Å². The average Bonchev–Trinajstić information content (AvgIpc) is 2.56. The summed E-state index contributed by atoms with van der Waals surface area (Å²) in [4.78, 5) is 2.49. The van der Waals surface area contributed by atoms with Crippen molar-refractivity contribution >= 4 is 5.69 Å². The molecule has 0 radical (unpaired) electrons. The molecule has 3 rings (SSSR count). The zero-order valence-electron chi connectivity index (χ0n) is 12.5. The van der Waals surface area contributed by atoms with Crippen LogP contribution in [0.15, 0.2) is 54.6 Å². The van der Waals surface area contributed by atoms with Gasteiger partial charge in [0, 0.05) is 32.4 Å². The van der Waals surface area contributed by atoms with E-state index in [4.69, 9.17) is 4.74 Å². The Labute approximate surface area is 126 Å². The van der Waals surface area contributed by atoms with Crippen molar-refractivity contribution in [2.45, 2.75) is 12.6 Å². The van der Waals surface area contributed by atoms with E-state index in [0.717, 1.165) is 19.6 Å². The van der Waals surface area contributed by atoms with Crippen molar-refractivity contribution in [3.05, 3.63) is 65.7 Å². The summed E-state index contributed by atoms with van der Waals surface area (Å²) in [5.74, 6) is 0. The molecule has 2 aromatic rings. The summed E-state index contributed by atoms with van der Waals surface area (Å²) in [5.41, 5.74) is 3.86. The highest BCUT2D eigenvalue weighted by Gasteiger charge is 2.23. The highest BCUT2D eigenvalue weighted by Crippen LogP contribution is 2.28. The summed E-state index contributed by atoms with van der Waals surface area (Å²) in [5, 5.41) is 3.51. The molecule has 21 heavy (non-hydrogen) atoms. The van der Waals surface area contributed by atoms with E-state index in [2.05, 4.69) is 64.8 Å². The fraction of sp³-hybridized carbons (Fsp3) is 0.333. The number of nitrogens with one attached hydrogen (secondary N) is 1. The molecular formula is C18H22N2O. The number of piperazine rings is 1. The van der Waals surface area contributed by atoms with Gasteiger partial charge in [0.05, 0.1) is 12.6 Å². The van der Waals surface area contributed by atoms with Crippen LogP contribution in [0.25, 0.3) is 0 Å². The van der Waals surface area contributed by atoms with E-state index < -0.39 is 0 Å². The molecule has 0 bridgehead atoms. The number of benzene rings is 2. The summed E-state index contributed by atoms with van der Waals surface area (Å²) >= 11 is 0. The number of anilines is 1. The van der Waals surface area contributed by atoms with Gasteiger partial charge in [-0.3, -0.25) is 0 Å². The second-order valence-electron chi connectivity index (χ2n) is 5.43. The van der Waals surface area contributed by atoms with Crippen LogP contribution in [-0.2, 0) is 11.3 Å². The normalized spacial score (nSPS) is 18.7. The number of rotatable bonds is 4. The first kappa shape index (κ1) is 14.1. The summed E-state index contributed by atoms with van der Waals surface area (Å²) in [6.45, 7) is 3.70. The molecule has 0 spiro atoms. The summed E-state index contributed by atoms with van der Waals surface area (Å²) < 4.78 is 5.25. The van der Waals surface area contributed by atoms with Crippen LogP contribution in [-0.4, -0.2) is 26.7 Å². The molecule has 1 N–H and O–H groups in total. The summed E-state index contributed by atoms with van der Waals surface area (Å²) in [7, 11) is 1.74. The molecule has 0 saturated carbocycles. The van der Waals surface area contributed by atoms with Crippen LogP contribution in [0, 0.1) is 0 Å². The number of nitrogens with zero attached hydrogens (tertiary/aromatic N) is 1. The molecule has 1 unspecified atom stereocenters. The van der Waals surface area contributed by atoms with Gasteiger partial charge in [0.2, 0.25) is 0 Å². The van der Waals surface area contributed by atoms with E-state index in [1.807, 2.05) is 0 Å². The lowest BCUT2D eigenvalue weighted by molar-refractivity contribution is 0.185. The molecule has 0 aliphatic carbocycles. The molecule has 2 aromatic carbocycles. The van der Waals surface area contributed by atoms with E-state index in [0.29, 0.717) is 12.6 Å². The molecule has 0 aromatic heterocycles. The Morgan fingerprint density at radius 2 is 2.00 bits per heavy atom. The molecule has 3 heteroatoms. The zero-order chi connectivity index (χ0) is 14.5. The maximum Gasteiger partial charge on any atom is 0.0713 e. The lowest BCUT2D eigenvalue weighted by Gasteiger charge is -2.38. The Morgan fingerprint density at radius 3 is 2.81 bits per heavy atom. The van der Waals surface area contributed by atoms with Gasteiger partial charge in [-0.25, -0.2) is 0 Å². The standard InChI is InChI=1S/C18H22N2O/c1-21-14-15-6-5-9-17(12-15)20-11-10-19-13-18(20)16-7-3-2-4-8-16/h2-9,12,18-19H,10-11,13-14H2,1H3. The van der Waals surface area contributed by atoms with Gasteiger partial charge in [0.1, 0.15) is 0 Å². The molecule has 1 heterocycles. The van der Waals surface area contributed by atoms with Crippen molar-refractivity contribution in [3.8, 4) is 0 Å². The van der Waals surface area contributed by atoms with Crippen LogP contribution in [0.2, 0.25) is 0 Å². The van der Waals surface area contributed by atoms with Crippen LogP contribution in [0.1, 0.15) is 17.2 Å². The quantitative estimate of drug-likeness (QED) is 0.933. The minimum atomic E-state index is 0.387. The largest absolute Gasteiger partial charge is 0.380 e.